The standard InChI is InChI=1S/C24H29FN6O2/c1-15(18-6-7-19(25)21(12-18)33-14-16-2-3-16)30-27-11-8-22-26-10-9-23(29-22)31-13-20(17-4-5-17)28-24(31)32/h6-7,9-10,12,15-16,27,30H,2-5,8,11,13-14H2,1H3,(H,28,32). The number of anilines is 1. The van der Waals surface area contributed by atoms with E-state index in [1.165, 1.54) is 24.5 Å². The summed E-state index contributed by atoms with van der Waals surface area (Å²) in [4.78, 5) is 22.8. The second kappa shape index (κ2) is 9.44. The zero-order valence-corrected chi connectivity index (χ0v) is 18.7. The molecule has 0 bridgehead atoms. The lowest BCUT2D eigenvalue weighted by Crippen LogP contribution is -2.36. The molecule has 1 atom stereocenters. The Morgan fingerprint density at radius 1 is 1.30 bits per heavy atom. The van der Waals surface area contributed by atoms with Crippen LogP contribution in [0.1, 0.15) is 50.0 Å². The number of hydrogen-bond acceptors (Lipinski definition) is 6. The minimum absolute atomic E-state index is 0.0386. The number of carbonyl (C=O) groups is 1. The van der Waals surface area contributed by atoms with Crippen molar-refractivity contribution in [3.8, 4) is 5.75 Å². The van der Waals surface area contributed by atoms with E-state index in [1.54, 1.807) is 29.3 Å². The molecule has 1 aromatic carbocycles. The number of nitrogens with one attached hydrogen (secondary N) is 3. The number of urea groups is 1. The highest BCUT2D eigenvalue weighted by Gasteiger charge is 2.31. The Balaban J connectivity index is 1.11. The molecule has 5 rings (SSSR count). The van der Waals surface area contributed by atoms with E-state index in [-0.39, 0.29) is 17.9 Å². The Bertz CT molecular complexity index is 1060. The summed E-state index contributed by atoms with van der Waals surface area (Å²) in [5, 5.41) is 2.94. The second-order valence-corrected chi connectivity index (χ2v) is 8.92. The molecule has 8 nitrogen and oxygen atoms in total. The van der Waals surface area contributed by atoms with Crippen molar-refractivity contribution in [3.05, 3.63) is 58.9 Å². The molecule has 3 fully saturated rings. The number of carbonyl (C=O) groups excluding carboxylic acids is 1. The quantitative estimate of drug-likeness (QED) is 0.378. The third-order valence-corrected chi connectivity index (χ3v) is 6.13. The molecule has 1 aliphatic heterocycles. The fraction of sp³-hybridized carbons (Fsp3) is 0.458. The fourth-order valence-corrected chi connectivity index (χ4v) is 3.75. The zero-order chi connectivity index (χ0) is 22.8. The Labute approximate surface area is 192 Å². The first kappa shape index (κ1) is 21.8. The highest BCUT2D eigenvalue weighted by atomic mass is 19.1. The number of benzene rings is 1. The van der Waals surface area contributed by atoms with Gasteiger partial charge in [-0.2, -0.15) is 0 Å². The van der Waals surface area contributed by atoms with Gasteiger partial charge in [0, 0.05) is 30.9 Å². The lowest BCUT2D eigenvalue weighted by molar-refractivity contribution is 0.252. The number of halogens is 1. The van der Waals surface area contributed by atoms with Crippen LogP contribution in [0.25, 0.3) is 0 Å². The van der Waals surface area contributed by atoms with E-state index in [9.17, 15) is 9.18 Å². The van der Waals surface area contributed by atoms with Gasteiger partial charge in [-0.1, -0.05) is 6.07 Å². The van der Waals surface area contributed by atoms with Gasteiger partial charge in [0.25, 0.3) is 0 Å². The molecule has 3 aliphatic rings. The summed E-state index contributed by atoms with van der Waals surface area (Å²) < 4.78 is 19.7. The van der Waals surface area contributed by atoms with E-state index < -0.39 is 0 Å². The molecule has 0 radical (unpaired) electrons. The van der Waals surface area contributed by atoms with E-state index in [0.717, 1.165) is 24.1 Å². The van der Waals surface area contributed by atoms with E-state index in [0.29, 0.717) is 49.4 Å². The molecular formula is C24H29FN6O2. The van der Waals surface area contributed by atoms with Crippen molar-refractivity contribution >= 4 is 11.8 Å². The van der Waals surface area contributed by atoms with Crippen LogP contribution < -0.4 is 25.8 Å². The van der Waals surface area contributed by atoms with Gasteiger partial charge in [-0.25, -0.2) is 19.2 Å². The maximum Gasteiger partial charge on any atom is 0.327 e. The molecule has 1 unspecified atom stereocenters. The first-order chi connectivity index (χ1) is 16.1. The van der Waals surface area contributed by atoms with E-state index >= 15 is 0 Å². The Kier molecular flexibility index (Phi) is 6.24. The Morgan fingerprint density at radius 2 is 2.15 bits per heavy atom. The number of allylic oxidation sites excluding steroid dienone is 1. The van der Waals surface area contributed by atoms with Crippen LogP contribution in [0.4, 0.5) is 15.0 Å². The molecule has 2 amide bonds. The van der Waals surface area contributed by atoms with Gasteiger partial charge in [0.1, 0.15) is 11.6 Å². The van der Waals surface area contributed by atoms with Gasteiger partial charge >= 0.3 is 6.03 Å². The van der Waals surface area contributed by atoms with Crippen molar-refractivity contribution in [2.75, 3.05) is 24.6 Å². The Hall–Kier alpha value is -3.04. The maximum absolute atomic E-state index is 14.0. The molecule has 3 N–H and O–H groups in total. The fourth-order valence-electron chi connectivity index (χ4n) is 3.75. The monoisotopic (exact) mass is 452 g/mol. The molecule has 174 valence electrons. The second-order valence-electron chi connectivity index (χ2n) is 8.92. The van der Waals surface area contributed by atoms with Crippen LogP contribution in [0.2, 0.25) is 0 Å². The maximum atomic E-state index is 14.0. The third-order valence-electron chi connectivity index (χ3n) is 6.13. The normalized spacial score (nSPS) is 18.5. The van der Waals surface area contributed by atoms with E-state index in [2.05, 4.69) is 26.1 Å². The van der Waals surface area contributed by atoms with Crippen molar-refractivity contribution < 1.29 is 13.9 Å². The predicted octanol–water partition coefficient (Wildman–Crippen LogP) is 3.38. The largest absolute Gasteiger partial charge is 0.490 e. The number of hydrogen-bond donors (Lipinski definition) is 3. The van der Waals surface area contributed by atoms with Crippen LogP contribution in [0.3, 0.4) is 0 Å². The zero-order valence-electron chi connectivity index (χ0n) is 18.7. The van der Waals surface area contributed by atoms with Crippen molar-refractivity contribution in [1.29, 1.82) is 0 Å². The summed E-state index contributed by atoms with van der Waals surface area (Å²) in [5.74, 6) is 1.82. The van der Waals surface area contributed by atoms with Gasteiger partial charge in [-0.3, -0.25) is 15.8 Å². The summed E-state index contributed by atoms with van der Waals surface area (Å²) in [6.45, 7) is 3.73. The van der Waals surface area contributed by atoms with Gasteiger partial charge in [-0.15, -0.1) is 0 Å². The van der Waals surface area contributed by atoms with Gasteiger partial charge in [0.15, 0.2) is 11.6 Å². The topological polar surface area (TPSA) is 91.4 Å². The molecule has 0 spiro atoms. The SMILES string of the molecule is CC(NNCCc1nccc(N2CC(=C3CC3)NC2=O)n1)c1ccc(F)c(OCC2CC2)c1. The number of aromatic nitrogens is 2. The van der Waals surface area contributed by atoms with E-state index in [4.69, 9.17) is 4.74 Å². The van der Waals surface area contributed by atoms with Crippen LogP contribution in [0.15, 0.2) is 41.7 Å². The van der Waals surface area contributed by atoms with Crippen LogP contribution in [0, 0.1) is 11.7 Å². The Morgan fingerprint density at radius 3 is 2.94 bits per heavy atom. The minimum Gasteiger partial charge on any atom is -0.490 e. The number of amides is 2. The average Bonchev–Trinajstić information content (AvgIpc) is 3.75. The number of rotatable bonds is 10. The predicted molar refractivity (Wildman–Crippen MR) is 122 cm³/mol. The first-order valence-electron chi connectivity index (χ1n) is 11.6. The molecule has 33 heavy (non-hydrogen) atoms. The number of hydrazine groups is 1. The van der Waals surface area contributed by atoms with Crippen LogP contribution >= 0.6 is 0 Å². The number of nitrogens with zero attached hydrogens (tertiary/aromatic N) is 3. The van der Waals surface area contributed by atoms with Gasteiger partial charge in [0.2, 0.25) is 0 Å². The smallest absolute Gasteiger partial charge is 0.327 e. The van der Waals surface area contributed by atoms with Gasteiger partial charge in [-0.05, 0) is 67.9 Å². The van der Waals surface area contributed by atoms with Crippen molar-refractivity contribution in [2.24, 2.45) is 5.92 Å². The number of ether oxygens (including phenoxy) is 1. The van der Waals surface area contributed by atoms with Crippen LogP contribution in [0.5, 0.6) is 5.75 Å². The van der Waals surface area contributed by atoms with Crippen LogP contribution in [-0.2, 0) is 6.42 Å². The van der Waals surface area contributed by atoms with Gasteiger partial charge < -0.3 is 10.1 Å². The summed E-state index contributed by atoms with van der Waals surface area (Å²) in [5.41, 5.74) is 9.70. The van der Waals surface area contributed by atoms with Crippen molar-refractivity contribution in [3.63, 3.8) is 0 Å². The molecular weight excluding hydrogens is 423 g/mol. The molecule has 1 saturated heterocycles. The summed E-state index contributed by atoms with van der Waals surface area (Å²) >= 11 is 0. The van der Waals surface area contributed by atoms with Gasteiger partial charge in [0.05, 0.1) is 13.2 Å². The average molecular weight is 453 g/mol. The first-order valence-corrected chi connectivity index (χ1v) is 11.6. The van der Waals surface area contributed by atoms with Crippen molar-refractivity contribution in [2.45, 2.75) is 45.1 Å². The highest BCUT2D eigenvalue weighted by molar-refractivity contribution is 5.95. The molecule has 2 aromatic rings. The summed E-state index contributed by atoms with van der Waals surface area (Å²) in [6, 6.07) is 6.56. The van der Waals surface area contributed by atoms with Crippen molar-refractivity contribution in [1.82, 2.24) is 26.1 Å². The lowest BCUT2D eigenvalue weighted by Gasteiger charge is -2.17. The molecule has 9 heteroatoms. The third kappa shape index (κ3) is 5.48. The van der Waals surface area contributed by atoms with Crippen LogP contribution in [-0.4, -0.2) is 35.7 Å². The molecule has 2 heterocycles. The summed E-state index contributed by atoms with van der Waals surface area (Å²) in [7, 11) is 0. The van der Waals surface area contributed by atoms with E-state index in [1.807, 2.05) is 6.92 Å². The highest BCUT2D eigenvalue weighted by Crippen LogP contribution is 2.33. The molecule has 1 aromatic heterocycles. The molecule has 2 saturated carbocycles. The molecule has 2 aliphatic carbocycles. The lowest BCUT2D eigenvalue weighted by atomic mass is 10.1. The summed E-state index contributed by atoms with van der Waals surface area (Å²) in [6.07, 6.45) is 6.76. The minimum atomic E-state index is -0.330.